The van der Waals surface area contributed by atoms with Gasteiger partial charge in [-0.3, -0.25) is 4.79 Å². The number of anilines is 1. The lowest BCUT2D eigenvalue weighted by atomic mass is 10.0. The van der Waals surface area contributed by atoms with Gasteiger partial charge in [-0.15, -0.1) is 0 Å². The Morgan fingerprint density at radius 2 is 2.00 bits per heavy atom. The molecule has 2 aromatic rings. The third-order valence-corrected chi connectivity index (χ3v) is 3.69. The first kappa shape index (κ1) is 12.9. The van der Waals surface area contributed by atoms with Gasteiger partial charge in [0.25, 0.3) is 5.91 Å². The summed E-state index contributed by atoms with van der Waals surface area (Å²) in [6.07, 6.45) is 1.85. The molecule has 4 heteroatoms. The molecule has 0 aliphatic carbocycles. The highest BCUT2D eigenvalue weighted by Crippen LogP contribution is 2.34. The van der Waals surface area contributed by atoms with E-state index < -0.39 is 0 Å². The number of carbonyl (C=O) groups excluding carboxylic acids is 1. The lowest BCUT2D eigenvalue weighted by Gasteiger charge is -2.06. The molecule has 3 rings (SSSR count). The molecule has 0 aromatic heterocycles. The number of hydrogen-bond acceptors (Lipinski definition) is 2. The molecule has 0 bridgehead atoms. The molecule has 1 amide bonds. The number of ether oxygens (including phenoxy) is 1. The summed E-state index contributed by atoms with van der Waals surface area (Å²) < 4.78 is 6.28. The van der Waals surface area contributed by atoms with Crippen molar-refractivity contribution in [2.24, 2.45) is 0 Å². The van der Waals surface area contributed by atoms with Crippen molar-refractivity contribution in [1.29, 1.82) is 0 Å². The number of fused-ring (bicyclic) bond motifs is 1. The van der Waals surface area contributed by atoms with Crippen LogP contribution in [0.1, 0.15) is 11.1 Å². The van der Waals surface area contributed by atoms with Crippen LogP contribution in [0.4, 0.5) is 5.69 Å². The molecule has 0 radical (unpaired) electrons. The topological polar surface area (TPSA) is 38.3 Å². The first-order valence-electron chi connectivity index (χ1n) is 6.15. The van der Waals surface area contributed by atoms with E-state index in [2.05, 4.69) is 21.2 Å². The fraction of sp³-hybridized carbons (Fsp3) is 0.0625. The molecule has 0 unspecified atom stereocenters. The van der Waals surface area contributed by atoms with Gasteiger partial charge in [0, 0.05) is 26.9 Å². The Hall–Kier alpha value is -2.07. The van der Waals surface area contributed by atoms with Gasteiger partial charge >= 0.3 is 0 Å². The SMILES string of the molecule is COc1ccc(Br)cc1C=C1C(=O)Nc2ccccc21. The van der Waals surface area contributed by atoms with Crippen molar-refractivity contribution in [2.45, 2.75) is 0 Å². The summed E-state index contributed by atoms with van der Waals surface area (Å²) in [5.74, 6) is 0.645. The van der Waals surface area contributed by atoms with E-state index in [1.54, 1.807) is 7.11 Å². The lowest BCUT2D eigenvalue weighted by Crippen LogP contribution is -2.03. The van der Waals surface area contributed by atoms with Gasteiger partial charge in [-0.2, -0.15) is 0 Å². The molecule has 1 heterocycles. The van der Waals surface area contributed by atoms with Crippen LogP contribution in [-0.2, 0) is 4.79 Å². The molecule has 20 heavy (non-hydrogen) atoms. The Kier molecular flexibility index (Phi) is 3.32. The van der Waals surface area contributed by atoms with E-state index in [1.807, 2.05) is 48.5 Å². The summed E-state index contributed by atoms with van der Waals surface area (Å²) in [6.45, 7) is 0. The molecule has 2 aromatic carbocycles. The zero-order valence-corrected chi connectivity index (χ0v) is 12.4. The molecule has 3 nitrogen and oxygen atoms in total. The van der Waals surface area contributed by atoms with E-state index in [-0.39, 0.29) is 5.91 Å². The highest BCUT2D eigenvalue weighted by atomic mass is 79.9. The van der Waals surface area contributed by atoms with Crippen LogP contribution in [0.25, 0.3) is 11.6 Å². The number of halogens is 1. The van der Waals surface area contributed by atoms with Gasteiger partial charge in [0.05, 0.1) is 7.11 Å². The molecule has 0 saturated carbocycles. The molecule has 100 valence electrons. The Balaban J connectivity index is 2.13. The predicted octanol–water partition coefficient (Wildman–Crippen LogP) is 3.95. The largest absolute Gasteiger partial charge is 0.496 e. The number of hydrogen-bond donors (Lipinski definition) is 1. The molecular weight excluding hydrogens is 318 g/mol. The Morgan fingerprint density at radius 3 is 2.80 bits per heavy atom. The second kappa shape index (κ2) is 5.13. The van der Waals surface area contributed by atoms with E-state index in [9.17, 15) is 4.79 Å². The fourth-order valence-electron chi connectivity index (χ4n) is 2.26. The molecule has 0 fully saturated rings. The quantitative estimate of drug-likeness (QED) is 0.847. The average molecular weight is 330 g/mol. The number of amides is 1. The van der Waals surface area contributed by atoms with Crippen molar-refractivity contribution in [3.8, 4) is 5.75 Å². The Bertz CT molecular complexity index is 722. The van der Waals surface area contributed by atoms with Crippen LogP contribution < -0.4 is 10.1 Å². The van der Waals surface area contributed by atoms with Crippen LogP contribution in [0, 0.1) is 0 Å². The number of rotatable bonds is 2. The fourth-order valence-corrected chi connectivity index (χ4v) is 2.63. The van der Waals surface area contributed by atoms with Crippen LogP contribution in [0.15, 0.2) is 46.9 Å². The van der Waals surface area contributed by atoms with Crippen LogP contribution in [0.3, 0.4) is 0 Å². The minimum atomic E-state index is -0.0896. The third-order valence-electron chi connectivity index (χ3n) is 3.20. The van der Waals surface area contributed by atoms with E-state index >= 15 is 0 Å². The van der Waals surface area contributed by atoms with E-state index in [0.29, 0.717) is 5.57 Å². The highest BCUT2D eigenvalue weighted by molar-refractivity contribution is 9.10. The van der Waals surface area contributed by atoms with Crippen LogP contribution in [-0.4, -0.2) is 13.0 Å². The first-order valence-corrected chi connectivity index (χ1v) is 6.94. The van der Waals surface area contributed by atoms with Crippen molar-refractivity contribution in [3.05, 3.63) is 58.1 Å². The summed E-state index contributed by atoms with van der Waals surface area (Å²) in [5.41, 5.74) is 3.28. The smallest absolute Gasteiger partial charge is 0.256 e. The summed E-state index contributed by atoms with van der Waals surface area (Å²) >= 11 is 3.44. The van der Waals surface area contributed by atoms with E-state index in [4.69, 9.17) is 4.74 Å². The van der Waals surface area contributed by atoms with Crippen LogP contribution in [0.2, 0.25) is 0 Å². The van der Waals surface area contributed by atoms with Crippen molar-refractivity contribution in [1.82, 2.24) is 0 Å². The Labute approximate surface area is 125 Å². The predicted molar refractivity (Wildman–Crippen MR) is 83.6 cm³/mol. The maximum Gasteiger partial charge on any atom is 0.256 e. The van der Waals surface area contributed by atoms with Crippen molar-refractivity contribution in [2.75, 3.05) is 12.4 Å². The van der Waals surface area contributed by atoms with Gasteiger partial charge in [0.2, 0.25) is 0 Å². The zero-order chi connectivity index (χ0) is 14.1. The van der Waals surface area contributed by atoms with E-state index in [1.165, 1.54) is 0 Å². The molecule has 1 aliphatic rings. The van der Waals surface area contributed by atoms with Gasteiger partial charge in [-0.1, -0.05) is 34.1 Å². The van der Waals surface area contributed by atoms with Crippen LogP contribution >= 0.6 is 15.9 Å². The van der Waals surface area contributed by atoms with Gasteiger partial charge in [0.15, 0.2) is 0 Å². The molecule has 0 atom stereocenters. The van der Waals surface area contributed by atoms with Crippen molar-refractivity contribution < 1.29 is 9.53 Å². The van der Waals surface area contributed by atoms with Crippen molar-refractivity contribution >= 4 is 39.2 Å². The zero-order valence-electron chi connectivity index (χ0n) is 10.8. The van der Waals surface area contributed by atoms with Gasteiger partial charge in [0.1, 0.15) is 5.75 Å². The van der Waals surface area contributed by atoms with Gasteiger partial charge in [-0.05, 0) is 30.3 Å². The Morgan fingerprint density at radius 1 is 1.20 bits per heavy atom. The third kappa shape index (κ3) is 2.23. The summed E-state index contributed by atoms with van der Waals surface area (Å²) in [6, 6.07) is 13.4. The molecule has 1 aliphatic heterocycles. The minimum Gasteiger partial charge on any atom is -0.496 e. The monoisotopic (exact) mass is 329 g/mol. The van der Waals surface area contributed by atoms with Crippen molar-refractivity contribution in [3.63, 3.8) is 0 Å². The number of nitrogens with one attached hydrogen (secondary N) is 1. The highest BCUT2D eigenvalue weighted by Gasteiger charge is 2.23. The maximum absolute atomic E-state index is 12.1. The first-order chi connectivity index (χ1) is 9.69. The summed E-state index contributed by atoms with van der Waals surface area (Å²) in [7, 11) is 1.62. The van der Waals surface area contributed by atoms with E-state index in [0.717, 1.165) is 27.0 Å². The number of benzene rings is 2. The minimum absolute atomic E-state index is 0.0896. The van der Waals surface area contributed by atoms with Crippen LogP contribution in [0.5, 0.6) is 5.75 Å². The van der Waals surface area contributed by atoms with Gasteiger partial charge in [-0.25, -0.2) is 0 Å². The molecule has 1 N–H and O–H groups in total. The molecule has 0 saturated heterocycles. The summed E-state index contributed by atoms with van der Waals surface area (Å²) in [5, 5.41) is 2.86. The number of carbonyl (C=O) groups is 1. The normalized spacial score (nSPS) is 15.1. The summed E-state index contributed by atoms with van der Waals surface area (Å²) in [4.78, 5) is 12.1. The molecular formula is C16H12BrNO2. The number of para-hydroxylation sites is 1. The second-order valence-corrected chi connectivity index (χ2v) is 5.36. The second-order valence-electron chi connectivity index (χ2n) is 4.44. The molecule has 0 spiro atoms. The maximum atomic E-state index is 12.1. The lowest BCUT2D eigenvalue weighted by molar-refractivity contribution is -0.110. The van der Waals surface area contributed by atoms with Gasteiger partial charge < -0.3 is 10.1 Å². The average Bonchev–Trinajstić information content (AvgIpc) is 2.76. The number of methoxy groups -OCH3 is 1. The standard InChI is InChI=1S/C16H12BrNO2/c1-20-15-7-6-11(17)8-10(15)9-13-12-4-2-3-5-14(12)18-16(13)19/h2-9H,1H3,(H,18,19).